The zero-order chi connectivity index (χ0) is 21.7. The highest BCUT2D eigenvalue weighted by Crippen LogP contribution is 2.43. The lowest BCUT2D eigenvalue weighted by molar-refractivity contribution is -0.137. The fourth-order valence-electron chi connectivity index (χ4n) is 5.01. The molecule has 0 bridgehead atoms. The standard InChI is InChI=1S/C25H26N2O4/c1-14-25(15(2)27(3)26-14)21-6-4-5-20-19(21)9-10-22(20)31-17-7-8-18-16(11-24(28)29)13-30-23(18)12-17/h4-8,12,16,22H,9-11,13H2,1-3H3,(H,28,29). The first kappa shape index (κ1) is 19.7. The van der Waals surface area contributed by atoms with Gasteiger partial charge in [-0.15, -0.1) is 0 Å². The minimum atomic E-state index is -0.806. The molecular weight excluding hydrogens is 392 g/mol. The van der Waals surface area contributed by atoms with Crippen LogP contribution >= 0.6 is 0 Å². The smallest absolute Gasteiger partial charge is 0.304 e. The Morgan fingerprint density at radius 3 is 2.84 bits per heavy atom. The van der Waals surface area contributed by atoms with Crippen LogP contribution in [0.15, 0.2) is 36.4 Å². The Bertz CT molecular complexity index is 1180. The lowest BCUT2D eigenvalue weighted by atomic mass is 9.95. The average Bonchev–Trinajstić information content (AvgIpc) is 3.39. The molecule has 2 unspecified atom stereocenters. The van der Waals surface area contributed by atoms with Crippen molar-refractivity contribution in [3.63, 3.8) is 0 Å². The first-order valence-electron chi connectivity index (χ1n) is 10.7. The molecule has 2 heterocycles. The molecule has 0 saturated heterocycles. The van der Waals surface area contributed by atoms with Gasteiger partial charge in [0.2, 0.25) is 0 Å². The van der Waals surface area contributed by atoms with Gasteiger partial charge in [0.1, 0.15) is 17.6 Å². The molecule has 1 aliphatic heterocycles. The zero-order valence-electron chi connectivity index (χ0n) is 18.0. The zero-order valence-corrected chi connectivity index (χ0v) is 18.0. The molecule has 5 rings (SSSR count). The van der Waals surface area contributed by atoms with Gasteiger partial charge in [0.05, 0.1) is 18.7 Å². The quantitative estimate of drug-likeness (QED) is 0.649. The van der Waals surface area contributed by atoms with E-state index in [0.717, 1.165) is 35.6 Å². The van der Waals surface area contributed by atoms with Crippen LogP contribution in [0, 0.1) is 13.8 Å². The van der Waals surface area contributed by atoms with Crippen molar-refractivity contribution < 1.29 is 19.4 Å². The summed E-state index contributed by atoms with van der Waals surface area (Å²) in [7, 11) is 1.98. The van der Waals surface area contributed by atoms with Gasteiger partial charge in [-0.1, -0.05) is 24.3 Å². The van der Waals surface area contributed by atoms with Crippen molar-refractivity contribution in [2.24, 2.45) is 7.05 Å². The Morgan fingerprint density at radius 2 is 2.10 bits per heavy atom. The van der Waals surface area contributed by atoms with Crippen LogP contribution < -0.4 is 9.47 Å². The summed E-state index contributed by atoms with van der Waals surface area (Å²) in [6.45, 7) is 4.58. The third-order valence-electron chi connectivity index (χ3n) is 6.56. The maximum absolute atomic E-state index is 11.1. The van der Waals surface area contributed by atoms with Crippen LogP contribution in [0.4, 0.5) is 0 Å². The molecule has 0 saturated carbocycles. The number of benzene rings is 2. The molecule has 160 valence electrons. The first-order chi connectivity index (χ1) is 14.9. The van der Waals surface area contributed by atoms with Gasteiger partial charge in [0.25, 0.3) is 0 Å². The second-order valence-corrected chi connectivity index (χ2v) is 8.49. The van der Waals surface area contributed by atoms with Crippen molar-refractivity contribution in [2.45, 2.75) is 45.1 Å². The average molecular weight is 418 g/mol. The Hall–Kier alpha value is -3.28. The molecule has 6 nitrogen and oxygen atoms in total. The number of carbonyl (C=O) groups is 1. The molecule has 3 aromatic rings. The van der Waals surface area contributed by atoms with Crippen molar-refractivity contribution >= 4 is 5.97 Å². The number of carboxylic acid groups (broad SMARTS) is 1. The lowest BCUT2D eigenvalue weighted by Gasteiger charge is -2.17. The van der Waals surface area contributed by atoms with Gasteiger partial charge >= 0.3 is 5.97 Å². The monoisotopic (exact) mass is 418 g/mol. The van der Waals surface area contributed by atoms with E-state index in [4.69, 9.17) is 14.6 Å². The molecule has 31 heavy (non-hydrogen) atoms. The molecular formula is C25H26N2O4. The lowest BCUT2D eigenvalue weighted by Crippen LogP contribution is -2.07. The van der Waals surface area contributed by atoms with E-state index in [9.17, 15) is 4.79 Å². The van der Waals surface area contributed by atoms with Gasteiger partial charge in [-0.3, -0.25) is 9.48 Å². The molecule has 0 radical (unpaired) electrons. The van der Waals surface area contributed by atoms with Crippen LogP contribution in [0.2, 0.25) is 0 Å². The Kier molecular flexibility index (Phi) is 4.73. The number of hydrogen-bond donors (Lipinski definition) is 1. The Labute approximate surface area is 181 Å². The van der Waals surface area contributed by atoms with Gasteiger partial charge in [-0.2, -0.15) is 5.10 Å². The van der Waals surface area contributed by atoms with E-state index in [1.54, 1.807) is 0 Å². The van der Waals surface area contributed by atoms with E-state index in [0.29, 0.717) is 6.61 Å². The van der Waals surface area contributed by atoms with Crippen LogP contribution in [-0.2, 0) is 18.3 Å². The SMILES string of the molecule is Cc1nn(C)c(C)c1-c1cccc2c1CCC2Oc1ccc2c(c1)OCC2CC(=O)O. The maximum atomic E-state index is 11.1. The van der Waals surface area contributed by atoms with E-state index in [-0.39, 0.29) is 18.4 Å². The molecule has 1 N–H and O–H groups in total. The van der Waals surface area contributed by atoms with Crippen LogP contribution in [0.25, 0.3) is 11.1 Å². The molecule has 0 spiro atoms. The number of fused-ring (bicyclic) bond motifs is 2. The number of nitrogens with zero attached hydrogens (tertiary/aromatic N) is 2. The van der Waals surface area contributed by atoms with Crippen molar-refractivity contribution in [2.75, 3.05) is 6.61 Å². The van der Waals surface area contributed by atoms with Gasteiger partial charge in [-0.25, -0.2) is 0 Å². The molecule has 0 fully saturated rings. The van der Waals surface area contributed by atoms with Gasteiger partial charge in [0, 0.05) is 35.9 Å². The minimum Gasteiger partial charge on any atom is -0.492 e. The summed E-state index contributed by atoms with van der Waals surface area (Å²) in [4.78, 5) is 11.1. The largest absolute Gasteiger partial charge is 0.492 e. The summed E-state index contributed by atoms with van der Waals surface area (Å²) in [5.41, 5.74) is 8.20. The van der Waals surface area contributed by atoms with Crippen LogP contribution in [-0.4, -0.2) is 27.5 Å². The number of aromatic nitrogens is 2. The summed E-state index contributed by atoms with van der Waals surface area (Å²) in [5.74, 6) is 0.588. The molecule has 0 amide bonds. The predicted molar refractivity (Wildman–Crippen MR) is 117 cm³/mol. The van der Waals surface area contributed by atoms with Crippen molar-refractivity contribution in [3.05, 3.63) is 64.5 Å². The molecule has 2 atom stereocenters. The number of carboxylic acids is 1. The molecule has 2 aliphatic rings. The highest BCUT2D eigenvalue weighted by atomic mass is 16.5. The van der Waals surface area contributed by atoms with E-state index < -0.39 is 5.97 Å². The summed E-state index contributed by atoms with van der Waals surface area (Å²) < 4.78 is 14.1. The molecule has 2 aromatic carbocycles. The van der Waals surface area contributed by atoms with E-state index in [1.807, 2.05) is 29.9 Å². The number of aryl methyl sites for hydroxylation is 2. The van der Waals surface area contributed by atoms with Crippen molar-refractivity contribution in [3.8, 4) is 22.6 Å². The molecule has 6 heteroatoms. The summed E-state index contributed by atoms with van der Waals surface area (Å²) in [6, 6.07) is 12.2. The van der Waals surface area contributed by atoms with Gasteiger partial charge < -0.3 is 14.6 Å². The fraction of sp³-hybridized carbons (Fsp3) is 0.360. The Morgan fingerprint density at radius 1 is 1.26 bits per heavy atom. The second kappa shape index (κ2) is 7.45. The second-order valence-electron chi connectivity index (χ2n) is 8.49. The summed E-state index contributed by atoms with van der Waals surface area (Å²) in [5, 5.41) is 13.7. The highest BCUT2D eigenvalue weighted by molar-refractivity contribution is 5.74. The fourth-order valence-corrected chi connectivity index (χ4v) is 5.01. The normalized spacial score (nSPS) is 19.1. The van der Waals surface area contributed by atoms with Crippen LogP contribution in [0.3, 0.4) is 0 Å². The minimum absolute atomic E-state index is 0.0125. The van der Waals surface area contributed by atoms with E-state index >= 15 is 0 Å². The van der Waals surface area contributed by atoms with E-state index in [1.165, 1.54) is 27.9 Å². The molecule has 1 aromatic heterocycles. The summed E-state index contributed by atoms with van der Waals surface area (Å²) in [6.07, 6.45) is 1.96. The maximum Gasteiger partial charge on any atom is 0.304 e. The van der Waals surface area contributed by atoms with Gasteiger partial charge in [-0.05, 0) is 49.4 Å². The third kappa shape index (κ3) is 3.36. The van der Waals surface area contributed by atoms with Crippen LogP contribution in [0.1, 0.15) is 52.9 Å². The first-order valence-corrected chi connectivity index (χ1v) is 10.7. The topological polar surface area (TPSA) is 73.6 Å². The third-order valence-corrected chi connectivity index (χ3v) is 6.56. The summed E-state index contributed by atoms with van der Waals surface area (Å²) >= 11 is 0. The number of ether oxygens (including phenoxy) is 2. The number of aliphatic carboxylic acids is 1. The van der Waals surface area contributed by atoms with Crippen molar-refractivity contribution in [1.29, 1.82) is 0 Å². The van der Waals surface area contributed by atoms with Gasteiger partial charge in [0.15, 0.2) is 0 Å². The van der Waals surface area contributed by atoms with Crippen molar-refractivity contribution in [1.82, 2.24) is 9.78 Å². The number of hydrogen-bond acceptors (Lipinski definition) is 4. The Balaban J connectivity index is 1.42. The number of rotatable bonds is 5. The highest BCUT2D eigenvalue weighted by Gasteiger charge is 2.30. The van der Waals surface area contributed by atoms with Crippen LogP contribution in [0.5, 0.6) is 11.5 Å². The van der Waals surface area contributed by atoms with E-state index in [2.05, 4.69) is 37.1 Å². The molecule has 1 aliphatic carbocycles. The predicted octanol–water partition coefficient (Wildman–Crippen LogP) is 4.72.